The molecular weight excluding hydrogens is 260 g/mol. The predicted molar refractivity (Wildman–Crippen MR) is 73.4 cm³/mol. The van der Waals surface area contributed by atoms with Gasteiger partial charge in [-0.1, -0.05) is 0 Å². The normalized spacial score (nSPS) is 15.3. The lowest BCUT2D eigenvalue weighted by Gasteiger charge is -2.22. The van der Waals surface area contributed by atoms with Gasteiger partial charge in [0.05, 0.1) is 25.3 Å². The molecule has 0 aliphatic carbocycles. The third-order valence-electron chi connectivity index (χ3n) is 3.37. The molecule has 0 fully saturated rings. The van der Waals surface area contributed by atoms with Gasteiger partial charge in [-0.3, -0.25) is 14.5 Å². The summed E-state index contributed by atoms with van der Waals surface area (Å²) in [5.41, 5.74) is 0.635. The molecule has 108 valence electrons. The van der Waals surface area contributed by atoms with Crippen molar-refractivity contribution in [3.8, 4) is 11.5 Å². The van der Waals surface area contributed by atoms with Crippen LogP contribution in [0.5, 0.6) is 11.5 Å². The lowest BCUT2D eigenvalue weighted by atomic mass is 10.1. The minimum atomic E-state index is -0.344. The number of fused-ring (bicyclic) bond motifs is 1. The fraction of sp³-hybridized carbons (Fsp3) is 0.429. The molecule has 0 spiro atoms. The number of likely N-dealkylation sites (N-methyl/N-ethyl adjacent to an activating group) is 1. The molecule has 2 amide bonds. The van der Waals surface area contributed by atoms with Crippen LogP contribution < -0.4 is 14.8 Å². The molecule has 1 aromatic rings. The van der Waals surface area contributed by atoms with Gasteiger partial charge in [0, 0.05) is 12.6 Å². The Balaban J connectivity index is 2.51. The summed E-state index contributed by atoms with van der Waals surface area (Å²) >= 11 is 0. The Morgan fingerprint density at radius 2 is 1.90 bits per heavy atom. The molecule has 1 aromatic carbocycles. The number of nitrogens with zero attached hydrogens (tertiary/aromatic N) is 1. The number of benzene rings is 1. The highest BCUT2D eigenvalue weighted by Gasteiger charge is 2.41. The first-order chi connectivity index (χ1) is 9.56. The van der Waals surface area contributed by atoms with Gasteiger partial charge in [0.1, 0.15) is 0 Å². The van der Waals surface area contributed by atoms with Crippen molar-refractivity contribution in [2.24, 2.45) is 0 Å². The molecule has 1 aliphatic heterocycles. The second-order valence-electron chi connectivity index (χ2n) is 4.61. The summed E-state index contributed by atoms with van der Waals surface area (Å²) in [7, 11) is 4.72. The molecule has 0 saturated carbocycles. The molecule has 1 atom stereocenters. The van der Waals surface area contributed by atoms with Gasteiger partial charge < -0.3 is 14.8 Å². The van der Waals surface area contributed by atoms with Gasteiger partial charge in [-0.05, 0) is 26.1 Å². The summed E-state index contributed by atoms with van der Waals surface area (Å²) in [6.45, 7) is 2.35. The van der Waals surface area contributed by atoms with Gasteiger partial charge in [0.2, 0.25) is 0 Å². The van der Waals surface area contributed by atoms with Gasteiger partial charge in [-0.25, -0.2) is 0 Å². The zero-order chi connectivity index (χ0) is 14.9. The minimum Gasteiger partial charge on any atom is -0.493 e. The van der Waals surface area contributed by atoms with Crippen molar-refractivity contribution in [1.82, 2.24) is 10.2 Å². The van der Waals surface area contributed by atoms with Gasteiger partial charge in [-0.15, -0.1) is 0 Å². The van der Waals surface area contributed by atoms with E-state index < -0.39 is 0 Å². The number of methoxy groups -OCH3 is 2. The maximum Gasteiger partial charge on any atom is 0.265 e. The first kappa shape index (κ1) is 14.3. The molecule has 1 unspecified atom stereocenters. The summed E-state index contributed by atoms with van der Waals surface area (Å²) in [6, 6.07) is 3.00. The number of amides is 2. The first-order valence-electron chi connectivity index (χ1n) is 6.34. The van der Waals surface area contributed by atoms with Crippen LogP contribution in [0.25, 0.3) is 0 Å². The fourth-order valence-corrected chi connectivity index (χ4v) is 2.45. The Labute approximate surface area is 117 Å². The number of ether oxygens (including phenoxy) is 2. The van der Waals surface area contributed by atoms with E-state index in [9.17, 15) is 9.59 Å². The molecule has 0 bridgehead atoms. The highest BCUT2D eigenvalue weighted by molar-refractivity contribution is 6.23. The molecule has 2 rings (SSSR count). The molecule has 0 aromatic heterocycles. The monoisotopic (exact) mass is 278 g/mol. The summed E-state index contributed by atoms with van der Waals surface area (Å²) in [6.07, 6.45) is 0. The third-order valence-corrected chi connectivity index (χ3v) is 3.37. The molecule has 0 saturated heterocycles. The van der Waals surface area contributed by atoms with Gasteiger partial charge in [0.25, 0.3) is 11.8 Å². The molecule has 6 nitrogen and oxygen atoms in total. The van der Waals surface area contributed by atoms with Crippen LogP contribution in [0, 0.1) is 0 Å². The van der Waals surface area contributed by atoms with Crippen molar-refractivity contribution in [3.63, 3.8) is 0 Å². The van der Waals surface area contributed by atoms with E-state index in [1.54, 1.807) is 19.2 Å². The summed E-state index contributed by atoms with van der Waals surface area (Å²) in [5.74, 6) is 0.107. The zero-order valence-electron chi connectivity index (χ0n) is 12.0. The molecule has 1 aliphatic rings. The van der Waals surface area contributed by atoms with E-state index in [1.807, 2.05) is 6.92 Å². The number of rotatable bonds is 5. The Bertz CT molecular complexity index is 556. The lowest BCUT2D eigenvalue weighted by molar-refractivity contribution is 0.0596. The van der Waals surface area contributed by atoms with E-state index in [4.69, 9.17) is 9.47 Å². The first-order valence-corrected chi connectivity index (χ1v) is 6.34. The lowest BCUT2D eigenvalue weighted by Crippen LogP contribution is -2.43. The van der Waals surface area contributed by atoms with Crippen LogP contribution in [0.3, 0.4) is 0 Å². The zero-order valence-corrected chi connectivity index (χ0v) is 12.0. The molecule has 6 heteroatoms. The summed E-state index contributed by atoms with van der Waals surface area (Å²) in [4.78, 5) is 26.1. The maximum absolute atomic E-state index is 12.5. The van der Waals surface area contributed by atoms with Crippen LogP contribution in [0.1, 0.15) is 27.6 Å². The highest BCUT2D eigenvalue weighted by Crippen LogP contribution is 2.38. The Morgan fingerprint density at radius 3 is 2.45 bits per heavy atom. The van der Waals surface area contributed by atoms with Crippen LogP contribution in [0.2, 0.25) is 0 Å². The van der Waals surface area contributed by atoms with E-state index in [0.29, 0.717) is 23.6 Å². The van der Waals surface area contributed by atoms with Crippen LogP contribution in [-0.4, -0.2) is 50.6 Å². The summed E-state index contributed by atoms with van der Waals surface area (Å²) in [5, 5.41) is 2.96. The number of imide groups is 1. The standard InChI is InChI=1S/C14H18N2O4/c1-8(7-15-2)16-13(17)9-5-6-10(19-3)12(20-4)11(9)14(16)18/h5-6,8,15H,7H2,1-4H3. The molecule has 0 radical (unpaired) electrons. The quantitative estimate of drug-likeness (QED) is 0.811. The van der Waals surface area contributed by atoms with Crippen LogP contribution in [0.4, 0.5) is 0 Å². The average molecular weight is 278 g/mol. The van der Waals surface area contributed by atoms with Gasteiger partial charge in [0.15, 0.2) is 11.5 Å². The number of nitrogens with one attached hydrogen (secondary N) is 1. The van der Waals surface area contributed by atoms with Crippen molar-refractivity contribution < 1.29 is 19.1 Å². The van der Waals surface area contributed by atoms with Gasteiger partial charge >= 0.3 is 0 Å². The Morgan fingerprint density at radius 1 is 1.20 bits per heavy atom. The van der Waals surface area contributed by atoms with Crippen molar-refractivity contribution in [1.29, 1.82) is 0 Å². The maximum atomic E-state index is 12.5. The van der Waals surface area contributed by atoms with E-state index in [-0.39, 0.29) is 23.4 Å². The number of hydrogen-bond acceptors (Lipinski definition) is 5. The minimum absolute atomic E-state index is 0.233. The van der Waals surface area contributed by atoms with E-state index >= 15 is 0 Å². The largest absolute Gasteiger partial charge is 0.493 e. The van der Waals surface area contributed by atoms with E-state index in [2.05, 4.69) is 5.32 Å². The highest BCUT2D eigenvalue weighted by atomic mass is 16.5. The SMILES string of the molecule is CNCC(C)N1C(=O)c2ccc(OC)c(OC)c2C1=O. The second-order valence-corrected chi connectivity index (χ2v) is 4.61. The smallest absolute Gasteiger partial charge is 0.265 e. The Kier molecular flexibility index (Phi) is 3.94. The van der Waals surface area contributed by atoms with Crippen molar-refractivity contribution in [2.45, 2.75) is 13.0 Å². The van der Waals surface area contributed by atoms with Crippen LogP contribution in [-0.2, 0) is 0 Å². The second kappa shape index (κ2) is 5.50. The number of hydrogen-bond donors (Lipinski definition) is 1. The number of carbonyl (C=O) groups excluding carboxylic acids is 2. The number of carbonyl (C=O) groups is 2. The molecular formula is C14H18N2O4. The predicted octanol–water partition coefficient (Wildman–Crippen LogP) is 0.908. The average Bonchev–Trinajstić information content (AvgIpc) is 2.70. The van der Waals surface area contributed by atoms with Gasteiger partial charge in [-0.2, -0.15) is 0 Å². The van der Waals surface area contributed by atoms with Crippen LogP contribution in [0.15, 0.2) is 12.1 Å². The van der Waals surface area contributed by atoms with Crippen molar-refractivity contribution >= 4 is 11.8 Å². The molecule has 1 N–H and O–H groups in total. The summed E-state index contributed by atoms with van der Waals surface area (Å²) < 4.78 is 10.4. The Hall–Kier alpha value is -2.08. The topological polar surface area (TPSA) is 67.9 Å². The molecule has 1 heterocycles. The van der Waals surface area contributed by atoms with Crippen molar-refractivity contribution in [3.05, 3.63) is 23.3 Å². The van der Waals surface area contributed by atoms with Crippen molar-refractivity contribution in [2.75, 3.05) is 27.8 Å². The third kappa shape index (κ3) is 2.02. The molecule has 20 heavy (non-hydrogen) atoms. The van der Waals surface area contributed by atoms with E-state index in [1.165, 1.54) is 19.1 Å². The van der Waals surface area contributed by atoms with E-state index in [0.717, 1.165) is 0 Å². The van der Waals surface area contributed by atoms with Crippen LogP contribution >= 0.6 is 0 Å². The fourth-order valence-electron chi connectivity index (χ4n) is 2.45.